The molecule has 1 aromatic carbocycles. The number of likely N-dealkylation sites (tertiary alicyclic amines) is 1. The number of esters is 1. The molecule has 30 heavy (non-hydrogen) atoms. The molecule has 1 heterocycles. The molecule has 2 atom stereocenters. The molecule has 2 fully saturated rings. The topological polar surface area (TPSA) is 110 Å². The van der Waals surface area contributed by atoms with Crippen molar-refractivity contribution in [3.8, 4) is 0 Å². The van der Waals surface area contributed by atoms with E-state index < -0.39 is 33.7 Å². The normalized spacial score (nSPS) is 25.2. The van der Waals surface area contributed by atoms with Crippen LogP contribution in [0.2, 0.25) is 0 Å². The fraction of sp³-hybridized carbons (Fsp3) is 0.619. The number of benzene rings is 1. The van der Waals surface area contributed by atoms with Gasteiger partial charge < -0.3 is 14.7 Å². The first-order valence-corrected chi connectivity index (χ1v) is 12.1. The van der Waals surface area contributed by atoms with E-state index in [2.05, 4.69) is 0 Å². The molecule has 0 bridgehead atoms. The van der Waals surface area contributed by atoms with Gasteiger partial charge in [0.2, 0.25) is 0 Å². The molecule has 1 aliphatic heterocycles. The first-order valence-electron chi connectivity index (χ1n) is 10.3. The van der Waals surface area contributed by atoms with Gasteiger partial charge in [0.05, 0.1) is 17.8 Å². The van der Waals surface area contributed by atoms with E-state index in [0.717, 1.165) is 11.8 Å². The van der Waals surface area contributed by atoms with Crippen molar-refractivity contribution in [3.63, 3.8) is 0 Å². The van der Waals surface area contributed by atoms with Gasteiger partial charge in [-0.1, -0.05) is 30.3 Å². The molecule has 0 radical (unpaired) electrons. The van der Waals surface area contributed by atoms with Crippen LogP contribution in [0.3, 0.4) is 0 Å². The van der Waals surface area contributed by atoms with Crippen LogP contribution in [-0.2, 0) is 30.4 Å². The summed E-state index contributed by atoms with van der Waals surface area (Å²) < 4.78 is 34.7. The molecule has 9 heteroatoms. The van der Waals surface area contributed by atoms with Gasteiger partial charge in [0, 0.05) is 13.1 Å². The number of carbonyl (C=O) groups excluding carboxylic acids is 1. The van der Waals surface area contributed by atoms with E-state index in [0.29, 0.717) is 51.6 Å². The summed E-state index contributed by atoms with van der Waals surface area (Å²) in [5, 5.41) is 9.16. The van der Waals surface area contributed by atoms with E-state index in [4.69, 9.17) is 14.0 Å². The van der Waals surface area contributed by atoms with E-state index in [1.807, 2.05) is 30.3 Å². The maximum atomic E-state index is 13.3. The van der Waals surface area contributed by atoms with Crippen LogP contribution in [-0.4, -0.2) is 55.9 Å². The highest BCUT2D eigenvalue weighted by Gasteiger charge is 2.53. The van der Waals surface area contributed by atoms with Crippen molar-refractivity contribution in [1.82, 2.24) is 4.90 Å². The number of ether oxygens (including phenoxy) is 1. The second-order valence-electron chi connectivity index (χ2n) is 8.32. The van der Waals surface area contributed by atoms with Gasteiger partial charge in [-0.3, -0.25) is 8.98 Å². The number of piperidine rings is 1. The van der Waals surface area contributed by atoms with Gasteiger partial charge in [0.25, 0.3) is 10.1 Å². The SMILES string of the molecule is CS(=O)(=O)OC1CCCC1(CC1CCN(C(=O)O)CC1)C(=O)OCc1ccccc1. The van der Waals surface area contributed by atoms with Crippen LogP contribution < -0.4 is 0 Å². The van der Waals surface area contributed by atoms with Crippen molar-refractivity contribution >= 4 is 22.2 Å². The smallest absolute Gasteiger partial charge is 0.407 e. The van der Waals surface area contributed by atoms with Gasteiger partial charge in [0.15, 0.2) is 0 Å². The number of carboxylic acid groups (broad SMARTS) is 1. The van der Waals surface area contributed by atoms with Crippen LogP contribution in [0.25, 0.3) is 0 Å². The molecule has 2 aliphatic rings. The summed E-state index contributed by atoms with van der Waals surface area (Å²) >= 11 is 0. The average Bonchev–Trinajstić information content (AvgIpc) is 3.08. The van der Waals surface area contributed by atoms with Crippen molar-refractivity contribution in [2.45, 2.75) is 51.2 Å². The molecular weight excluding hydrogens is 410 g/mol. The van der Waals surface area contributed by atoms with Crippen LogP contribution >= 0.6 is 0 Å². The second-order valence-corrected chi connectivity index (χ2v) is 9.92. The number of amides is 1. The van der Waals surface area contributed by atoms with Crippen LogP contribution in [0.15, 0.2) is 30.3 Å². The molecule has 166 valence electrons. The Labute approximate surface area is 177 Å². The highest BCUT2D eigenvalue weighted by atomic mass is 32.2. The maximum Gasteiger partial charge on any atom is 0.407 e. The third-order valence-electron chi connectivity index (χ3n) is 6.15. The van der Waals surface area contributed by atoms with Gasteiger partial charge in [-0.25, -0.2) is 4.79 Å². The number of hydrogen-bond donors (Lipinski definition) is 1. The van der Waals surface area contributed by atoms with Gasteiger partial charge in [-0.05, 0) is 50.0 Å². The van der Waals surface area contributed by atoms with Gasteiger partial charge in [-0.15, -0.1) is 0 Å². The highest BCUT2D eigenvalue weighted by Crippen LogP contribution is 2.48. The number of rotatable bonds is 7. The first kappa shape index (κ1) is 22.6. The molecule has 3 rings (SSSR count). The number of carbonyl (C=O) groups is 2. The van der Waals surface area contributed by atoms with Crippen molar-refractivity contribution in [3.05, 3.63) is 35.9 Å². The minimum atomic E-state index is -3.73. The quantitative estimate of drug-likeness (QED) is 0.513. The summed E-state index contributed by atoms with van der Waals surface area (Å²) in [5.41, 5.74) is -0.178. The Morgan fingerprint density at radius 2 is 1.83 bits per heavy atom. The van der Waals surface area contributed by atoms with E-state index in [1.165, 1.54) is 4.90 Å². The lowest BCUT2D eigenvalue weighted by Gasteiger charge is -2.38. The number of nitrogens with zero attached hydrogens (tertiary/aromatic N) is 1. The van der Waals surface area contributed by atoms with Crippen molar-refractivity contribution in [2.75, 3.05) is 19.3 Å². The largest absolute Gasteiger partial charge is 0.465 e. The van der Waals surface area contributed by atoms with Crippen LogP contribution in [0.5, 0.6) is 0 Å². The highest BCUT2D eigenvalue weighted by molar-refractivity contribution is 7.86. The summed E-state index contributed by atoms with van der Waals surface area (Å²) in [4.78, 5) is 25.8. The summed E-state index contributed by atoms with van der Waals surface area (Å²) in [6.07, 6.45) is 2.65. The summed E-state index contributed by atoms with van der Waals surface area (Å²) in [5.74, 6) is -0.327. The molecule has 8 nitrogen and oxygen atoms in total. The Balaban J connectivity index is 1.76. The average molecular weight is 440 g/mol. The van der Waals surface area contributed by atoms with Gasteiger partial charge in [0.1, 0.15) is 6.61 Å². The molecule has 0 spiro atoms. The Morgan fingerprint density at radius 3 is 2.43 bits per heavy atom. The monoisotopic (exact) mass is 439 g/mol. The zero-order valence-electron chi connectivity index (χ0n) is 17.2. The summed E-state index contributed by atoms with van der Waals surface area (Å²) in [6.45, 7) is 0.934. The molecule has 1 aliphatic carbocycles. The van der Waals surface area contributed by atoms with Gasteiger partial charge in [-0.2, -0.15) is 8.42 Å². The summed E-state index contributed by atoms with van der Waals surface area (Å²) in [7, 11) is -3.73. The zero-order valence-corrected chi connectivity index (χ0v) is 18.0. The Kier molecular flexibility index (Phi) is 7.02. The minimum absolute atomic E-state index is 0.105. The molecule has 2 unspecified atom stereocenters. The van der Waals surface area contributed by atoms with Crippen molar-refractivity contribution in [2.24, 2.45) is 11.3 Å². The van der Waals surface area contributed by atoms with Crippen LogP contribution in [0.1, 0.15) is 44.1 Å². The van der Waals surface area contributed by atoms with E-state index in [-0.39, 0.29) is 12.5 Å². The molecular formula is C21H29NO7S. The molecule has 1 saturated heterocycles. The standard InChI is InChI=1S/C21H29NO7S/c1-30(26,27)29-18-8-5-11-21(18,14-16-9-12-22(13-10-16)20(24)25)19(23)28-15-17-6-3-2-4-7-17/h2-4,6-7,16,18H,5,8-15H2,1H3,(H,24,25). The van der Waals surface area contributed by atoms with Crippen molar-refractivity contribution in [1.29, 1.82) is 0 Å². The third-order valence-corrected chi connectivity index (χ3v) is 6.74. The lowest BCUT2D eigenvalue weighted by molar-refractivity contribution is -0.163. The lowest BCUT2D eigenvalue weighted by Crippen LogP contribution is -2.45. The lowest BCUT2D eigenvalue weighted by atomic mass is 9.73. The molecule has 0 aromatic heterocycles. The summed E-state index contributed by atoms with van der Waals surface area (Å²) in [6, 6.07) is 9.32. The predicted molar refractivity (Wildman–Crippen MR) is 109 cm³/mol. The fourth-order valence-corrected chi connectivity index (χ4v) is 5.35. The minimum Gasteiger partial charge on any atom is -0.465 e. The zero-order chi connectivity index (χ0) is 21.8. The Hall–Kier alpha value is -2.13. The van der Waals surface area contributed by atoms with E-state index in [9.17, 15) is 18.0 Å². The second kappa shape index (κ2) is 9.34. The first-order chi connectivity index (χ1) is 14.2. The van der Waals surface area contributed by atoms with E-state index >= 15 is 0 Å². The van der Waals surface area contributed by atoms with Crippen LogP contribution in [0, 0.1) is 11.3 Å². The Morgan fingerprint density at radius 1 is 1.17 bits per heavy atom. The number of hydrogen-bond acceptors (Lipinski definition) is 6. The van der Waals surface area contributed by atoms with Crippen molar-refractivity contribution < 1.29 is 32.0 Å². The molecule has 1 saturated carbocycles. The fourth-order valence-electron chi connectivity index (χ4n) is 4.65. The Bertz CT molecular complexity index is 849. The van der Waals surface area contributed by atoms with E-state index in [1.54, 1.807) is 0 Å². The van der Waals surface area contributed by atoms with Crippen LogP contribution in [0.4, 0.5) is 4.79 Å². The maximum absolute atomic E-state index is 13.3. The van der Waals surface area contributed by atoms with Gasteiger partial charge >= 0.3 is 12.1 Å². The third kappa shape index (κ3) is 5.51. The molecule has 1 amide bonds. The molecule has 1 N–H and O–H groups in total. The predicted octanol–water partition coefficient (Wildman–Crippen LogP) is 3.03. The molecule has 1 aromatic rings.